The number of aliphatic hydroxyl groups is 1. The molecule has 5 heteroatoms. The second-order valence-corrected chi connectivity index (χ2v) is 6.75. The van der Waals surface area contributed by atoms with Crippen LogP contribution in [-0.4, -0.2) is 35.2 Å². The van der Waals surface area contributed by atoms with Gasteiger partial charge in [-0.3, -0.25) is 4.79 Å². The molecule has 2 N–H and O–H groups in total. The number of hydrogen-bond donors (Lipinski definition) is 2. The van der Waals surface area contributed by atoms with E-state index in [-0.39, 0.29) is 11.8 Å². The van der Waals surface area contributed by atoms with Crippen molar-refractivity contribution in [1.82, 2.24) is 10.3 Å². The van der Waals surface area contributed by atoms with Gasteiger partial charge in [-0.1, -0.05) is 12.8 Å². The van der Waals surface area contributed by atoms with Crippen molar-refractivity contribution in [1.29, 1.82) is 0 Å². The van der Waals surface area contributed by atoms with E-state index in [2.05, 4.69) is 21.3 Å². The summed E-state index contributed by atoms with van der Waals surface area (Å²) < 4.78 is 0. The van der Waals surface area contributed by atoms with E-state index in [1.807, 2.05) is 12.3 Å². The number of amides is 1. The first-order valence-corrected chi connectivity index (χ1v) is 8.90. The van der Waals surface area contributed by atoms with Crippen LogP contribution in [0.25, 0.3) is 0 Å². The molecule has 3 rings (SSSR count). The predicted molar refractivity (Wildman–Crippen MR) is 90.1 cm³/mol. The summed E-state index contributed by atoms with van der Waals surface area (Å²) in [6, 6.07) is 4.03. The minimum absolute atomic E-state index is 0.0249. The third-order valence-electron chi connectivity index (χ3n) is 5.02. The van der Waals surface area contributed by atoms with Crippen molar-refractivity contribution in [3.63, 3.8) is 0 Å². The third kappa shape index (κ3) is 4.22. The Morgan fingerprint density at radius 3 is 2.70 bits per heavy atom. The Balaban J connectivity index is 1.57. The molecule has 2 fully saturated rings. The van der Waals surface area contributed by atoms with Gasteiger partial charge in [0.25, 0.3) is 0 Å². The van der Waals surface area contributed by atoms with Crippen molar-refractivity contribution in [3.05, 3.63) is 23.9 Å². The summed E-state index contributed by atoms with van der Waals surface area (Å²) in [7, 11) is 0. The van der Waals surface area contributed by atoms with Gasteiger partial charge in [0.05, 0.1) is 12.0 Å². The van der Waals surface area contributed by atoms with Crippen molar-refractivity contribution in [2.24, 2.45) is 5.92 Å². The highest BCUT2D eigenvalue weighted by Gasteiger charge is 2.31. The fraction of sp³-hybridized carbons (Fsp3) is 0.667. The van der Waals surface area contributed by atoms with Crippen LogP contribution in [0.3, 0.4) is 0 Å². The molecule has 0 radical (unpaired) electrons. The van der Waals surface area contributed by atoms with Crippen LogP contribution in [0.4, 0.5) is 5.82 Å². The molecule has 5 nitrogen and oxygen atoms in total. The number of anilines is 1. The second-order valence-electron chi connectivity index (χ2n) is 6.75. The third-order valence-corrected chi connectivity index (χ3v) is 5.02. The largest absolute Gasteiger partial charge is 0.392 e. The number of carbonyl (C=O) groups excluding carboxylic acids is 1. The van der Waals surface area contributed by atoms with Crippen LogP contribution in [0.1, 0.15) is 50.5 Å². The Bertz CT molecular complexity index is 527. The maximum absolute atomic E-state index is 12.2. The van der Waals surface area contributed by atoms with E-state index in [0.29, 0.717) is 6.54 Å². The number of rotatable bonds is 4. The fourth-order valence-corrected chi connectivity index (χ4v) is 3.61. The standard InChI is InChI=1S/C18H27N3O2/c22-16-7-5-6-15(16)18(23)20-13-14-8-9-19-17(12-14)21-10-3-1-2-4-11-21/h8-9,12,15-16,22H,1-7,10-11,13H2,(H,20,23). The topological polar surface area (TPSA) is 65.5 Å². The van der Waals surface area contributed by atoms with Crippen LogP contribution >= 0.6 is 0 Å². The van der Waals surface area contributed by atoms with Crippen molar-refractivity contribution in [3.8, 4) is 0 Å². The molecule has 2 unspecified atom stereocenters. The lowest BCUT2D eigenvalue weighted by Crippen LogP contribution is -2.34. The average Bonchev–Trinajstić information content (AvgIpc) is 2.84. The summed E-state index contributed by atoms with van der Waals surface area (Å²) in [5.41, 5.74) is 1.07. The van der Waals surface area contributed by atoms with Gasteiger partial charge in [-0.2, -0.15) is 0 Å². The van der Waals surface area contributed by atoms with Gasteiger partial charge in [0.15, 0.2) is 0 Å². The van der Waals surface area contributed by atoms with E-state index in [4.69, 9.17) is 0 Å². The highest BCUT2D eigenvalue weighted by atomic mass is 16.3. The first-order valence-electron chi connectivity index (χ1n) is 8.90. The molecule has 0 spiro atoms. The van der Waals surface area contributed by atoms with Crippen LogP contribution in [0.2, 0.25) is 0 Å². The first kappa shape index (κ1) is 16.2. The zero-order chi connectivity index (χ0) is 16.1. The first-order chi connectivity index (χ1) is 11.2. The number of carbonyl (C=O) groups is 1. The molecule has 0 aromatic carbocycles. The molecule has 0 bridgehead atoms. The molecule has 23 heavy (non-hydrogen) atoms. The summed E-state index contributed by atoms with van der Waals surface area (Å²) in [6.07, 6.45) is 8.88. The van der Waals surface area contributed by atoms with E-state index in [1.165, 1.54) is 25.7 Å². The fourth-order valence-electron chi connectivity index (χ4n) is 3.61. The van der Waals surface area contributed by atoms with Crippen molar-refractivity contribution < 1.29 is 9.90 Å². The van der Waals surface area contributed by atoms with Gasteiger partial charge in [-0.25, -0.2) is 4.98 Å². The lowest BCUT2D eigenvalue weighted by Gasteiger charge is -2.22. The number of nitrogens with zero attached hydrogens (tertiary/aromatic N) is 2. The Morgan fingerprint density at radius 2 is 2.00 bits per heavy atom. The highest BCUT2D eigenvalue weighted by molar-refractivity contribution is 5.79. The molecule has 1 aliphatic heterocycles. The number of aliphatic hydroxyl groups excluding tert-OH is 1. The molecule has 1 aliphatic carbocycles. The highest BCUT2D eigenvalue weighted by Crippen LogP contribution is 2.25. The summed E-state index contributed by atoms with van der Waals surface area (Å²) in [5, 5.41) is 12.8. The van der Waals surface area contributed by atoms with E-state index in [9.17, 15) is 9.90 Å². The molecular weight excluding hydrogens is 290 g/mol. The Kier molecular flexibility index (Phi) is 5.49. The van der Waals surface area contributed by atoms with Crippen LogP contribution in [0, 0.1) is 5.92 Å². The number of aromatic nitrogens is 1. The molecular formula is C18H27N3O2. The van der Waals surface area contributed by atoms with Crippen LogP contribution < -0.4 is 10.2 Å². The average molecular weight is 317 g/mol. The van der Waals surface area contributed by atoms with Gasteiger partial charge in [-0.15, -0.1) is 0 Å². The maximum atomic E-state index is 12.2. The monoisotopic (exact) mass is 317 g/mol. The zero-order valence-corrected chi connectivity index (χ0v) is 13.7. The molecule has 1 aromatic heterocycles. The summed E-state index contributed by atoms with van der Waals surface area (Å²) in [5.74, 6) is 0.754. The molecule has 2 atom stereocenters. The van der Waals surface area contributed by atoms with Crippen LogP contribution in [0.15, 0.2) is 18.3 Å². The quantitative estimate of drug-likeness (QED) is 0.894. The molecule has 1 saturated heterocycles. The normalized spacial score (nSPS) is 25.2. The van der Waals surface area contributed by atoms with E-state index in [1.54, 1.807) is 0 Å². The van der Waals surface area contributed by atoms with Crippen molar-refractivity contribution >= 4 is 11.7 Å². The van der Waals surface area contributed by atoms with Gasteiger partial charge >= 0.3 is 0 Å². The van der Waals surface area contributed by atoms with Crippen LogP contribution in [-0.2, 0) is 11.3 Å². The summed E-state index contributed by atoms with van der Waals surface area (Å²) >= 11 is 0. The van der Waals surface area contributed by atoms with Crippen molar-refractivity contribution in [2.45, 2.75) is 57.6 Å². The summed E-state index contributed by atoms with van der Waals surface area (Å²) in [6.45, 7) is 2.64. The van der Waals surface area contributed by atoms with Gasteiger partial charge in [0.2, 0.25) is 5.91 Å². The molecule has 2 heterocycles. The second kappa shape index (κ2) is 7.77. The molecule has 1 saturated carbocycles. The number of pyridine rings is 1. The molecule has 2 aliphatic rings. The Morgan fingerprint density at radius 1 is 1.22 bits per heavy atom. The van der Waals surface area contributed by atoms with Crippen molar-refractivity contribution in [2.75, 3.05) is 18.0 Å². The van der Waals surface area contributed by atoms with Gasteiger partial charge in [0, 0.05) is 25.8 Å². The smallest absolute Gasteiger partial charge is 0.225 e. The van der Waals surface area contributed by atoms with E-state index in [0.717, 1.165) is 43.7 Å². The predicted octanol–water partition coefficient (Wildman–Crippen LogP) is 2.24. The van der Waals surface area contributed by atoms with Gasteiger partial charge in [-0.05, 0) is 49.8 Å². The van der Waals surface area contributed by atoms with Crippen LogP contribution in [0.5, 0.6) is 0 Å². The lowest BCUT2D eigenvalue weighted by molar-refractivity contribution is -0.127. The maximum Gasteiger partial charge on any atom is 0.225 e. The molecule has 1 aromatic rings. The summed E-state index contributed by atoms with van der Waals surface area (Å²) in [4.78, 5) is 19.0. The number of nitrogens with one attached hydrogen (secondary N) is 1. The SMILES string of the molecule is O=C(NCc1ccnc(N2CCCCCC2)c1)C1CCCC1O. The lowest BCUT2D eigenvalue weighted by atomic mass is 10.1. The van der Waals surface area contributed by atoms with E-state index >= 15 is 0 Å². The Labute approximate surface area is 138 Å². The Hall–Kier alpha value is -1.62. The molecule has 1 amide bonds. The zero-order valence-electron chi connectivity index (χ0n) is 13.7. The minimum atomic E-state index is -0.472. The number of hydrogen-bond acceptors (Lipinski definition) is 4. The van der Waals surface area contributed by atoms with Gasteiger partial charge < -0.3 is 15.3 Å². The van der Waals surface area contributed by atoms with E-state index < -0.39 is 6.10 Å². The van der Waals surface area contributed by atoms with Gasteiger partial charge in [0.1, 0.15) is 5.82 Å². The minimum Gasteiger partial charge on any atom is -0.392 e. The molecule has 126 valence electrons.